The summed E-state index contributed by atoms with van der Waals surface area (Å²) in [4.78, 5) is 16.6. The molecule has 122 valence electrons. The number of carbonyl (C=O) groups is 1. The van der Waals surface area contributed by atoms with E-state index in [1.165, 1.54) is 0 Å². The summed E-state index contributed by atoms with van der Waals surface area (Å²) in [7, 11) is 1.59. The Morgan fingerprint density at radius 3 is 2.32 bits per heavy atom. The van der Waals surface area contributed by atoms with Gasteiger partial charge in [-0.05, 0) is 50.5 Å². The molecule has 1 aromatic rings. The molecule has 1 aromatic carbocycles. The molecule has 0 bridgehead atoms. The Hall–Kier alpha value is -2.04. The Bertz CT molecular complexity index is 493. The molecule has 1 amide bonds. The molecule has 0 saturated carbocycles. The summed E-state index contributed by atoms with van der Waals surface area (Å²) >= 11 is 0. The molecule has 0 atom stereocenters. The van der Waals surface area contributed by atoms with Gasteiger partial charge in [0.25, 0.3) is 11.9 Å². The minimum Gasteiger partial charge on any atom is -0.497 e. The largest absolute Gasteiger partial charge is 0.497 e. The van der Waals surface area contributed by atoms with E-state index in [0.29, 0.717) is 23.8 Å². The number of rotatable bonds is 6. The van der Waals surface area contributed by atoms with Crippen LogP contribution in [0, 0.1) is 5.92 Å². The number of amides is 1. The molecule has 1 N–H and O–H groups in total. The predicted octanol–water partition coefficient (Wildman–Crippen LogP) is 3.25. The molecule has 0 aliphatic heterocycles. The van der Waals surface area contributed by atoms with Crippen LogP contribution in [0.15, 0.2) is 29.3 Å². The second-order valence-corrected chi connectivity index (χ2v) is 5.72. The maximum absolute atomic E-state index is 12.2. The highest BCUT2D eigenvalue weighted by Crippen LogP contribution is 2.11. The molecule has 0 radical (unpaired) electrons. The van der Waals surface area contributed by atoms with Crippen LogP contribution in [0.1, 0.15) is 44.5 Å². The first-order valence-corrected chi connectivity index (χ1v) is 7.59. The number of benzene rings is 1. The van der Waals surface area contributed by atoms with Crippen molar-refractivity contribution in [2.75, 3.05) is 13.7 Å². The maximum Gasteiger partial charge on any atom is 0.291 e. The number of aliphatic imine (C=N–C) groups is 1. The van der Waals surface area contributed by atoms with Crippen molar-refractivity contribution in [2.24, 2.45) is 10.9 Å². The summed E-state index contributed by atoms with van der Waals surface area (Å²) in [5, 5.41) is 2.72. The van der Waals surface area contributed by atoms with Crippen LogP contribution >= 0.6 is 0 Å². The lowest BCUT2D eigenvalue weighted by atomic mass is 10.1. The smallest absolute Gasteiger partial charge is 0.291 e. The predicted molar refractivity (Wildman–Crippen MR) is 88.4 cm³/mol. The van der Waals surface area contributed by atoms with Crippen LogP contribution in [0.5, 0.6) is 5.75 Å². The Labute approximate surface area is 132 Å². The van der Waals surface area contributed by atoms with E-state index in [0.717, 1.165) is 6.42 Å². The van der Waals surface area contributed by atoms with Gasteiger partial charge in [0, 0.05) is 12.1 Å². The number of carbonyl (C=O) groups excluding carboxylic acids is 1. The van der Waals surface area contributed by atoms with E-state index in [2.05, 4.69) is 24.2 Å². The van der Waals surface area contributed by atoms with Gasteiger partial charge in [0.2, 0.25) is 0 Å². The van der Waals surface area contributed by atoms with E-state index < -0.39 is 0 Å². The Kier molecular flexibility index (Phi) is 7.43. The Morgan fingerprint density at radius 1 is 1.18 bits per heavy atom. The number of hydrogen-bond donors (Lipinski definition) is 1. The molecular formula is C17H26N2O3. The van der Waals surface area contributed by atoms with Gasteiger partial charge in [0.15, 0.2) is 0 Å². The Balaban J connectivity index is 2.72. The zero-order valence-corrected chi connectivity index (χ0v) is 14.1. The second-order valence-electron chi connectivity index (χ2n) is 5.72. The van der Waals surface area contributed by atoms with Gasteiger partial charge in [-0.15, -0.1) is 0 Å². The summed E-state index contributed by atoms with van der Waals surface area (Å²) in [6.45, 7) is 8.69. The summed E-state index contributed by atoms with van der Waals surface area (Å²) < 4.78 is 10.6. The highest BCUT2D eigenvalue weighted by Gasteiger charge is 2.11. The minimum atomic E-state index is -0.244. The molecule has 0 aliphatic carbocycles. The first kappa shape index (κ1) is 18.0. The minimum absolute atomic E-state index is 0.0473. The van der Waals surface area contributed by atoms with Gasteiger partial charge in [0.05, 0.1) is 13.2 Å². The fraction of sp³-hybridized carbons (Fsp3) is 0.529. The van der Waals surface area contributed by atoms with Gasteiger partial charge in [-0.2, -0.15) is 0 Å². The number of methoxy groups -OCH3 is 1. The van der Waals surface area contributed by atoms with E-state index in [9.17, 15) is 4.79 Å². The summed E-state index contributed by atoms with van der Waals surface area (Å²) in [6, 6.07) is 7.17. The summed E-state index contributed by atoms with van der Waals surface area (Å²) in [6.07, 6.45) is 0.901. The molecule has 0 aliphatic rings. The third-order valence-electron chi connectivity index (χ3n) is 2.88. The van der Waals surface area contributed by atoms with Gasteiger partial charge < -0.3 is 9.47 Å². The summed E-state index contributed by atoms with van der Waals surface area (Å²) in [5.74, 6) is 1.02. The fourth-order valence-electron chi connectivity index (χ4n) is 1.67. The monoisotopic (exact) mass is 306 g/mol. The normalized spacial score (nSPS) is 11.7. The highest BCUT2D eigenvalue weighted by atomic mass is 16.5. The van der Waals surface area contributed by atoms with Crippen LogP contribution in [-0.4, -0.2) is 31.7 Å². The van der Waals surface area contributed by atoms with Crippen molar-refractivity contribution in [3.05, 3.63) is 29.8 Å². The zero-order valence-electron chi connectivity index (χ0n) is 14.1. The van der Waals surface area contributed by atoms with E-state index in [4.69, 9.17) is 9.47 Å². The summed E-state index contributed by atoms with van der Waals surface area (Å²) in [5.41, 5.74) is 0.532. The molecular weight excluding hydrogens is 280 g/mol. The van der Waals surface area contributed by atoms with Crippen molar-refractivity contribution in [1.82, 2.24) is 5.32 Å². The van der Waals surface area contributed by atoms with Crippen LogP contribution in [0.4, 0.5) is 0 Å². The van der Waals surface area contributed by atoms with Gasteiger partial charge in [-0.1, -0.05) is 13.8 Å². The van der Waals surface area contributed by atoms with Crippen molar-refractivity contribution in [3.8, 4) is 5.75 Å². The van der Waals surface area contributed by atoms with Crippen LogP contribution in [0.2, 0.25) is 0 Å². The third-order valence-corrected chi connectivity index (χ3v) is 2.88. The lowest BCUT2D eigenvalue weighted by Crippen LogP contribution is -2.34. The number of hydrogen-bond acceptors (Lipinski definition) is 4. The molecule has 0 fully saturated rings. The first-order valence-electron chi connectivity index (χ1n) is 7.59. The number of ether oxygens (including phenoxy) is 2. The quantitative estimate of drug-likeness (QED) is 0.648. The van der Waals surface area contributed by atoms with Gasteiger partial charge in [-0.25, -0.2) is 4.99 Å². The molecule has 0 heterocycles. The van der Waals surface area contributed by atoms with Gasteiger partial charge in [-0.3, -0.25) is 10.1 Å². The van der Waals surface area contributed by atoms with Crippen LogP contribution in [0.3, 0.4) is 0 Å². The lowest BCUT2D eigenvalue weighted by molar-refractivity contribution is 0.0959. The Morgan fingerprint density at radius 2 is 1.82 bits per heavy atom. The molecule has 5 heteroatoms. The zero-order chi connectivity index (χ0) is 16.5. The van der Waals surface area contributed by atoms with Crippen LogP contribution in [-0.2, 0) is 4.74 Å². The molecule has 0 saturated heterocycles. The van der Waals surface area contributed by atoms with Crippen molar-refractivity contribution >= 4 is 11.9 Å². The molecule has 1 rings (SSSR count). The standard InChI is InChI=1S/C17H26N2O3/c1-12(2)10-11-18-17(22-13(3)4)19-16(20)14-6-8-15(21-5)9-7-14/h6-9,12-13H,10-11H2,1-5H3,(H,18,19,20). The van der Waals surface area contributed by atoms with Crippen LogP contribution in [0.25, 0.3) is 0 Å². The molecule has 0 spiro atoms. The van der Waals surface area contributed by atoms with Crippen molar-refractivity contribution in [1.29, 1.82) is 0 Å². The van der Waals surface area contributed by atoms with E-state index in [1.807, 2.05) is 13.8 Å². The SMILES string of the molecule is COc1ccc(C(=O)NC(=NCCC(C)C)OC(C)C)cc1. The second kappa shape index (κ2) is 9.07. The molecule has 22 heavy (non-hydrogen) atoms. The average Bonchev–Trinajstić information content (AvgIpc) is 2.46. The molecule has 0 aromatic heterocycles. The number of nitrogens with one attached hydrogen (secondary N) is 1. The average molecular weight is 306 g/mol. The van der Waals surface area contributed by atoms with Crippen molar-refractivity contribution < 1.29 is 14.3 Å². The fourth-order valence-corrected chi connectivity index (χ4v) is 1.67. The maximum atomic E-state index is 12.2. The van der Waals surface area contributed by atoms with Crippen molar-refractivity contribution in [2.45, 2.75) is 40.2 Å². The first-order chi connectivity index (χ1) is 10.4. The number of amidine groups is 1. The third kappa shape index (κ3) is 6.61. The van der Waals surface area contributed by atoms with Gasteiger partial charge >= 0.3 is 0 Å². The van der Waals surface area contributed by atoms with Crippen molar-refractivity contribution in [3.63, 3.8) is 0 Å². The molecule has 5 nitrogen and oxygen atoms in total. The van der Waals surface area contributed by atoms with Crippen LogP contribution < -0.4 is 10.1 Å². The topological polar surface area (TPSA) is 59.9 Å². The number of nitrogens with zero attached hydrogens (tertiary/aromatic N) is 1. The highest BCUT2D eigenvalue weighted by molar-refractivity contribution is 6.04. The van der Waals surface area contributed by atoms with E-state index in [-0.39, 0.29) is 18.0 Å². The lowest BCUT2D eigenvalue weighted by Gasteiger charge is -2.14. The van der Waals surface area contributed by atoms with E-state index in [1.54, 1.807) is 31.4 Å². The van der Waals surface area contributed by atoms with E-state index >= 15 is 0 Å². The molecule has 0 unspecified atom stereocenters. The van der Waals surface area contributed by atoms with Gasteiger partial charge in [0.1, 0.15) is 5.75 Å².